The largest absolute Gasteiger partial charge is 0.490 e. The third-order valence-corrected chi connectivity index (χ3v) is 3.32. The van der Waals surface area contributed by atoms with Crippen molar-refractivity contribution in [2.24, 2.45) is 0 Å². The molecule has 1 heterocycles. The van der Waals surface area contributed by atoms with E-state index in [2.05, 4.69) is 37.8 Å². The number of anilines is 1. The molecule has 0 saturated carbocycles. The number of para-hydroxylation sites is 2. The van der Waals surface area contributed by atoms with E-state index in [4.69, 9.17) is 4.74 Å². The van der Waals surface area contributed by atoms with Crippen LogP contribution in [0.3, 0.4) is 0 Å². The number of nitrogens with zero attached hydrogens (tertiary/aromatic N) is 1. The first-order chi connectivity index (χ1) is 7.15. The van der Waals surface area contributed by atoms with Gasteiger partial charge in [0.1, 0.15) is 12.4 Å². The Labute approximate surface area is 91.9 Å². The van der Waals surface area contributed by atoms with Crippen molar-refractivity contribution in [3.8, 4) is 5.75 Å². The molecular formula is C13H19NO. The number of fused-ring (bicyclic) bond motifs is 1. The summed E-state index contributed by atoms with van der Waals surface area (Å²) >= 11 is 0. The summed E-state index contributed by atoms with van der Waals surface area (Å²) in [5.74, 6) is 1.02. The minimum Gasteiger partial charge on any atom is -0.490 e. The van der Waals surface area contributed by atoms with Gasteiger partial charge in [0.2, 0.25) is 0 Å². The van der Waals surface area contributed by atoms with Gasteiger partial charge in [0.25, 0.3) is 0 Å². The van der Waals surface area contributed by atoms with Gasteiger partial charge in [-0.2, -0.15) is 0 Å². The van der Waals surface area contributed by atoms with Crippen LogP contribution in [0.15, 0.2) is 24.3 Å². The van der Waals surface area contributed by atoms with Gasteiger partial charge in [-0.15, -0.1) is 0 Å². The Morgan fingerprint density at radius 1 is 1.33 bits per heavy atom. The third kappa shape index (κ3) is 1.81. The van der Waals surface area contributed by atoms with E-state index in [1.54, 1.807) is 0 Å². The van der Waals surface area contributed by atoms with Crippen molar-refractivity contribution < 1.29 is 4.74 Å². The lowest BCUT2D eigenvalue weighted by molar-refractivity contribution is 0.283. The average molecular weight is 205 g/mol. The molecule has 0 saturated heterocycles. The van der Waals surface area contributed by atoms with Gasteiger partial charge in [-0.05, 0) is 32.4 Å². The number of benzene rings is 1. The summed E-state index contributed by atoms with van der Waals surface area (Å²) in [7, 11) is 0. The molecule has 2 rings (SSSR count). The van der Waals surface area contributed by atoms with Gasteiger partial charge < -0.3 is 9.64 Å². The fourth-order valence-corrected chi connectivity index (χ4v) is 1.99. The minimum absolute atomic E-state index is 0.208. The van der Waals surface area contributed by atoms with Crippen molar-refractivity contribution in [3.05, 3.63) is 24.3 Å². The molecule has 0 radical (unpaired) electrons. The zero-order valence-electron chi connectivity index (χ0n) is 9.79. The van der Waals surface area contributed by atoms with Gasteiger partial charge in [-0.1, -0.05) is 19.1 Å². The number of hydrogen-bond donors (Lipinski definition) is 0. The normalized spacial score (nSPS) is 15.8. The summed E-state index contributed by atoms with van der Waals surface area (Å²) < 4.78 is 5.65. The average Bonchev–Trinajstić information content (AvgIpc) is 2.28. The zero-order chi connectivity index (χ0) is 10.9. The molecule has 1 aromatic rings. The summed E-state index contributed by atoms with van der Waals surface area (Å²) in [5.41, 5.74) is 1.44. The molecule has 0 N–H and O–H groups in total. The van der Waals surface area contributed by atoms with Crippen molar-refractivity contribution in [2.75, 3.05) is 18.1 Å². The standard InChI is InChI=1S/C13H19NO/c1-4-13(2,3)14-9-10-15-12-8-6-5-7-11(12)14/h5-8H,4,9-10H2,1-3H3. The van der Waals surface area contributed by atoms with Crippen LogP contribution in [0.25, 0.3) is 0 Å². The summed E-state index contributed by atoms with van der Waals surface area (Å²) in [6.07, 6.45) is 1.14. The van der Waals surface area contributed by atoms with E-state index in [9.17, 15) is 0 Å². The molecule has 2 heteroatoms. The molecule has 1 aliphatic heterocycles. The summed E-state index contributed by atoms with van der Waals surface area (Å²) in [5, 5.41) is 0. The zero-order valence-corrected chi connectivity index (χ0v) is 9.79. The summed E-state index contributed by atoms with van der Waals surface area (Å²) in [6, 6.07) is 8.30. The Balaban J connectivity index is 2.38. The van der Waals surface area contributed by atoms with E-state index < -0.39 is 0 Å². The first kappa shape index (κ1) is 10.3. The fraction of sp³-hybridized carbons (Fsp3) is 0.538. The third-order valence-electron chi connectivity index (χ3n) is 3.32. The van der Waals surface area contributed by atoms with E-state index in [1.165, 1.54) is 5.69 Å². The molecule has 2 nitrogen and oxygen atoms in total. The molecule has 0 aliphatic carbocycles. The summed E-state index contributed by atoms with van der Waals surface area (Å²) in [6.45, 7) is 8.58. The molecule has 0 fully saturated rings. The SMILES string of the molecule is CCC(C)(C)N1CCOc2ccccc21. The van der Waals surface area contributed by atoms with E-state index in [-0.39, 0.29) is 5.54 Å². The van der Waals surface area contributed by atoms with Crippen LogP contribution in [0, 0.1) is 0 Å². The smallest absolute Gasteiger partial charge is 0.142 e. The number of hydrogen-bond acceptors (Lipinski definition) is 2. The van der Waals surface area contributed by atoms with Gasteiger partial charge in [0.05, 0.1) is 12.2 Å². The van der Waals surface area contributed by atoms with Gasteiger partial charge >= 0.3 is 0 Å². The van der Waals surface area contributed by atoms with Gasteiger partial charge in [-0.3, -0.25) is 0 Å². The molecule has 0 spiro atoms. The molecule has 0 atom stereocenters. The van der Waals surface area contributed by atoms with Crippen LogP contribution in [-0.4, -0.2) is 18.7 Å². The Hall–Kier alpha value is -1.18. The van der Waals surface area contributed by atoms with Crippen molar-refractivity contribution in [1.82, 2.24) is 0 Å². The highest BCUT2D eigenvalue weighted by Crippen LogP contribution is 2.36. The maximum Gasteiger partial charge on any atom is 0.142 e. The molecule has 1 aromatic carbocycles. The quantitative estimate of drug-likeness (QED) is 0.735. The molecule has 0 unspecified atom stereocenters. The van der Waals surface area contributed by atoms with Crippen LogP contribution in [-0.2, 0) is 0 Å². The minimum atomic E-state index is 0.208. The number of ether oxygens (including phenoxy) is 1. The molecule has 82 valence electrons. The molecule has 0 amide bonds. The van der Waals surface area contributed by atoms with Crippen molar-refractivity contribution >= 4 is 5.69 Å². The maximum atomic E-state index is 5.65. The van der Waals surface area contributed by atoms with E-state index in [0.717, 1.165) is 25.3 Å². The molecule has 0 aromatic heterocycles. The van der Waals surface area contributed by atoms with Crippen LogP contribution < -0.4 is 9.64 Å². The van der Waals surface area contributed by atoms with Crippen molar-refractivity contribution in [2.45, 2.75) is 32.7 Å². The first-order valence-corrected chi connectivity index (χ1v) is 5.64. The fourth-order valence-electron chi connectivity index (χ4n) is 1.99. The Morgan fingerprint density at radius 3 is 2.80 bits per heavy atom. The predicted molar refractivity (Wildman–Crippen MR) is 63.7 cm³/mol. The van der Waals surface area contributed by atoms with Gasteiger partial charge in [0.15, 0.2) is 0 Å². The van der Waals surface area contributed by atoms with E-state index >= 15 is 0 Å². The van der Waals surface area contributed by atoms with Crippen LogP contribution in [0.4, 0.5) is 5.69 Å². The van der Waals surface area contributed by atoms with E-state index in [1.807, 2.05) is 12.1 Å². The van der Waals surface area contributed by atoms with Gasteiger partial charge in [-0.25, -0.2) is 0 Å². The monoisotopic (exact) mass is 205 g/mol. The van der Waals surface area contributed by atoms with Gasteiger partial charge in [0, 0.05) is 5.54 Å². The van der Waals surface area contributed by atoms with Crippen LogP contribution in [0.1, 0.15) is 27.2 Å². The van der Waals surface area contributed by atoms with Crippen molar-refractivity contribution in [1.29, 1.82) is 0 Å². The lowest BCUT2D eigenvalue weighted by Crippen LogP contribution is -2.47. The van der Waals surface area contributed by atoms with Crippen LogP contribution in [0.2, 0.25) is 0 Å². The van der Waals surface area contributed by atoms with E-state index in [0.29, 0.717) is 0 Å². The molecule has 1 aliphatic rings. The Morgan fingerprint density at radius 2 is 2.07 bits per heavy atom. The Kier molecular flexibility index (Phi) is 2.59. The molecule has 15 heavy (non-hydrogen) atoms. The lowest BCUT2D eigenvalue weighted by atomic mass is 9.97. The second-order valence-corrected chi connectivity index (χ2v) is 4.63. The first-order valence-electron chi connectivity index (χ1n) is 5.64. The second kappa shape index (κ2) is 3.76. The highest BCUT2D eigenvalue weighted by atomic mass is 16.5. The molecule has 0 bridgehead atoms. The lowest BCUT2D eigenvalue weighted by Gasteiger charge is -2.43. The Bertz CT molecular complexity index is 346. The highest BCUT2D eigenvalue weighted by Gasteiger charge is 2.29. The van der Waals surface area contributed by atoms with Crippen LogP contribution in [0.5, 0.6) is 5.75 Å². The topological polar surface area (TPSA) is 12.5 Å². The summed E-state index contributed by atoms with van der Waals surface area (Å²) in [4.78, 5) is 2.45. The predicted octanol–water partition coefficient (Wildman–Crippen LogP) is 3.07. The highest BCUT2D eigenvalue weighted by molar-refractivity contribution is 5.61. The number of rotatable bonds is 2. The maximum absolute atomic E-state index is 5.65. The van der Waals surface area contributed by atoms with Crippen LogP contribution >= 0.6 is 0 Å². The second-order valence-electron chi connectivity index (χ2n) is 4.63. The van der Waals surface area contributed by atoms with Crippen molar-refractivity contribution in [3.63, 3.8) is 0 Å². The molecular weight excluding hydrogens is 186 g/mol.